The molecule has 4 nitrogen and oxygen atoms in total. The largest absolute Gasteiger partial charge is 0.394 e. The summed E-state index contributed by atoms with van der Waals surface area (Å²) in [5, 5.41) is 14.8. The Balaban J connectivity index is 2.82. The molecule has 0 aromatic carbocycles. The zero-order chi connectivity index (χ0) is 6.41. The average Bonchev–Trinajstić information content (AvgIpc) is 1.66. The van der Waals surface area contributed by atoms with Crippen molar-refractivity contribution in [3.8, 4) is 0 Å². The van der Waals surface area contributed by atoms with Gasteiger partial charge in [-0.25, -0.2) is 0 Å². The van der Waals surface area contributed by atoms with E-state index in [0.717, 1.165) is 0 Å². The maximum absolute atomic E-state index is 8.14. The van der Waals surface area contributed by atoms with Crippen LogP contribution in [0.3, 0.4) is 0 Å². The molecule has 0 fully saturated rings. The van der Waals surface area contributed by atoms with Crippen molar-refractivity contribution >= 4 is 5.84 Å². The first-order chi connectivity index (χ1) is 3.77. The lowest BCUT2D eigenvalue weighted by molar-refractivity contribution is 0.117. The van der Waals surface area contributed by atoms with Crippen molar-refractivity contribution in [3.05, 3.63) is 0 Å². The van der Waals surface area contributed by atoms with E-state index < -0.39 is 0 Å². The van der Waals surface area contributed by atoms with Gasteiger partial charge < -0.3 is 15.6 Å². The molecule has 0 aliphatic carbocycles. The zero-order valence-corrected chi connectivity index (χ0v) is 4.55. The molecule has 0 aromatic rings. The molecule has 0 spiro atoms. The van der Waals surface area contributed by atoms with E-state index in [9.17, 15) is 0 Å². The van der Waals surface area contributed by atoms with Crippen molar-refractivity contribution in [3.63, 3.8) is 0 Å². The van der Waals surface area contributed by atoms with Crippen LogP contribution in [0.2, 0.25) is 0 Å². The molecule has 0 amide bonds. The molecular formula is C4H10N2O2. The highest BCUT2D eigenvalue weighted by Crippen LogP contribution is 1.69. The summed E-state index contributed by atoms with van der Waals surface area (Å²) in [4.78, 5) is 0. The van der Waals surface area contributed by atoms with E-state index in [1.807, 2.05) is 0 Å². The van der Waals surface area contributed by atoms with Crippen LogP contribution in [-0.4, -0.2) is 30.8 Å². The van der Waals surface area contributed by atoms with Crippen molar-refractivity contribution in [1.82, 2.24) is 0 Å². The Morgan fingerprint density at radius 3 is 2.75 bits per heavy atom. The summed E-state index contributed by atoms with van der Waals surface area (Å²) in [5.41, 5.74) is 4.91. The maximum Gasteiger partial charge on any atom is 0.117 e. The summed E-state index contributed by atoms with van der Waals surface area (Å²) < 4.78 is 4.64. The Kier molecular flexibility index (Phi) is 4.20. The minimum atomic E-state index is -0.0206. The van der Waals surface area contributed by atoms with Crippen LogP contribution in [0.5, 0.6) is 0 Å². The van der Waals surface area contributed by atoms with Gasteiger partial charge in [-0.2, -0.15) is 0 Å². The minimum absolute atomic E-state index is 0.0153. The molecule has 4 N–H and O–H groups in total. The molecule has 0 atom stereocenters. The van der Waals surface area contributed by atoms with Gasteiger partial charge in [0.25, 0.3) is 0 Å². The van der Waals surface area contributed by atoms with E-state index in [1.165, 1.54) is 0 Å². The first-order valence-corrected chi connectivity index (χ1v) is 2.29. The second-order valence-electron chi connectivity index (χ2n) is 1.30. The van der Waals surface area contributed by atoms with Crippen LogP contribution in [0.4, 0.5) is 0 Å². The predicted octanol–water partition coefficient (Wildman–Crippen LogP) is -1.07. The fourth-order valence-electron chi connectivity index (χ4n) is 0.247. The molecular weight excluding hydrogens is 108 g/mol. The Morgan fingerprint density at radius 1 is 1.75 bits per heavy atom. The number of nitrogens with two attached hydrogens (primary N) is 1. The third-order valence-electron chi connectivity index (χ3n) is 0.493. The van der Waals surface area contributed by atoms with Crippen molar-refractivity contribution < 1.29 is 9.84 Å². The van der Waals surface area contributed by atoms with Gasteiger partial charge in [0.15, 0.2) is 0 Å². The number of hydrogen-bond donors (Lipinski definition) is 3. The van der Waals surface area contributed by atoms with Gasteiger partial charge >= 0.3 is 0 Å². The molecule has 48 valence electrons. The normalized spacial score (nSPS) is 9.12. The number of hydrogen-bond acceptors (Lipinski definition) is 3. The van der Waals surface area contributed by atoms with Crippen LogP contribution in [0, 0.1) is 5.41 Å². The SMILES string of the molecule is N=C(N)COCCO. The van der Waals surface area contributed by atoms with Gasteiger partial charge in [0, 0.05) is 0 Å². The first-order valence-electron chi connectivity index (χ1n) is 2.29. The van der Waals surface area contributed by atoms with E-state index in [4.69, 9.17) is 16.2 Å². The average molecular weight is 118 g/mol. The molecule has 4 heteroatoms. The van der Waals surface area contributed by atoms with Crippen LogP contribution in [0.15, 0.2) is 0 Å². The smallest absolute Gasteiger partial charge is 0.117 e. The van der Waals surface area contributed by atoms with E-state index in [-0.39, 0.29) is 25.7 Å². The van der Waals surface area contributed by atoms with Crippen molar-refractivity contribution in [2.24, 2.45) is 5.73 Å². The zero-order valence-electron chi connectivity index (χ0n) is 4.55. The number of nitrogens with one attached hydrogen (secondary N) is 1. The highest BCUT2D eigenvalue weighted by atomic mass is 16.5. The quantitative estimate of drug-likeness (QED) is 0.250. The first kappa shape index (κ1) is 7.39. The number of amidine groups is 1. The number of rotatable bonds is 4. The molecule has 0 radical (unpaired) electrons. The van der Waals surface area contributed by atoms with Gasteiger partial charge in [0.2, 0.25) is 0 Å². The summed E-state index contributed by atoms with van der Waals surface area (Å²) in [7, 11) is 0. The predicted molar refractivity (Wildman–Crippen MR) is 29.8 cm³/mol. The Labute approximate surface area is 47.8 Å². The maximum atomic E-state index is 8.14. The molecule has 0 aromatic heterocycles. The summed E-state index contributed by atoms with van der Waals surface area (Å²) in [6.45, 7) is 0.341. The summed E-state index contributed by atoms with van der Waals surface area (Å²) in [6.07, 6.45) is 0. The van der Waals surface area contributed by atoms with Gasteiger partial charge in [-0.15, -0.1) is 0 Å². The van der Waals surface area contributed by atoms with Crippen LogP contribution < -0.4 is 5.73 Å². The number of ether oxygens (including phenoxy) is 1. The van der Waals surface area contributed by atoms with E-state index in [2.05, 4.69) is 4.74 Å². The molecule has 0 heterocycles. The van der Waals surface area contributed by atoms with Crippen LogP contribution >= 0.6 is 0 Å². The lowest BCUT2D eigenvalue weighted by Crippen LogP contribution is -2.18. The number of aliphatic hydroxyl groups excluding tert-OH is 1. The minimum Gasteiger partial charge on any atom is -0.394 e. The summed E-state index contributed by atoms with van der Waals surface area (Å²) >= 11 is 0. The lowest BCUT2D eigenvalue weighted by atomic mass is 10.6. The van der Waals surface area contributed by atoms with Gasteiger partial charge in [0.05, 0.1) is 13.2 Å². The van der Waals surface area contributed by atoms with Crippen LogP contribution in [0.1, 0.15) is 0 Å². The molecule has 0 aliphatic rings. The topological polar surface area (TPSA) is 79.3 Å². The Morgan fingerprint density at radius 2 is 2.38 bits per heavy atom. The standard InChI is InChI=1S/C4H10N2O2/c5-4(6)3-8-2-1-7/h7H,1-3H2,(H3,5,6). The van der Waals surface area contributed by atoms with E-state index in [0.29, 0.717) is 0 Å². The van der Waals surface area contributed by atoms with Crippen molar-refractivity contribution in [2.75, 3.05) is 19.8 Å². The molecule has 0 aliphatic heterocycles. The fourth-order valence-corrected chi connectivity index (χ4v) is 0.247. The molecule has 0 saturated carbocycles. The lowest BCUT2D eigenvalue weighted by Gasteiger charge is -1.96. The van der Waals surface area contributed by atoms with E-state index >= 15 is 0 Å². The van der Waals surface area contributed by atoms with Crippen LogP contribution in [-0.2, 0) is 4.74 Å². The molecule has 0 saturated heterocycles. The van der Waals surface area contributed by atoms with Crippen molar-refractivity contribution in [2.45, 2.75) is 0 Å². The Bertz CT molecular complexity index is 74.4. The summed E-state index contributed by atoms with van der Waals surface area (Å²) in [5.74, 6) is -0.0153. The monoisotopic (exact) mass is 118 g/mol. The van der Waals surface area contributed by atoms with Gasteiger partial charge in [-0.05, 0) is 0 Å². The van der Waals surface area contributed by atoms with Crippen molar-refractivity contribution in [1.29, 1.82) is 5.41 Å². The highest BCUT2D eigenvalue weighted by Gasteiger charge is 1.85. The summed E-state index contributed by atoms with van der Waals surface area (Å²) in [6, 6.07) is 0. The molecule has 0 bridgehead atoms. The third kappa shape index (κ3) is 5.39. The van der Waals surface area contributed by atoms with Crippen LogP contribution in [0.25, 0.3) is 0 Å². The molecule has 0 unspecified atom stereocenters. The second-order valence-corrected chi connectivity index (χ2v) is 1.30. The number of aliphatic hydroxyl groups is 1. The molecule has 0 rings (SSSR count). The Hall–Kier alpha value is -0.610. The second kappa shape index (κ2) is 4.55. The van der Waals surface area contributed by atoms with Gasteiger partial charge in [-0.3, -0.25) is 5.41 Å². The van der Waals surface area contributed by atoms with E-state index in [1.54, 1.807) is 0 Å². The van der Waals surface area contributed by atoms with Gasteiger partial charge in [0.1, 0.15) is 12.4 Å². The highest BCUT2D eigenvalue weighted by molar-refractivity contribution is 5.78. The molecule has 8 heavy (non-hydrogen) atoms. The third-order valence-corrected chi connectivity index (χ3v) is 0.493. The fraction of sp³-hybridized carbons (Fsp3) is 0.750. The van der Waals surface area contributed by atoms with Gasteiger partial charge in [-0.1, -0.05) is 0 Å².